The molecule has 5 aromatic rings. The Kier molecular flexibility index (Phi) is 5.82. The average molecular weight is 453 g/mol. The first-order valence-electron chi connectivity index (χ1n) is 11.0. The van der Waals surface area contributed by atoms with Gasteiger partial charge in [0.15, 0.2) is 5.69 Å². The first-order chi connectivity index (χ1) is 16.6. The Bertz CT molecular complexity index is 1460. The zero-order valence-electron chi connectivity index (χ0n) is 19.0. The lowest BCUT2D eigenvalue weighted by atomic mass is 10.0. The van der Waals surface area contributed by atoms with E-state index >= 15 is 0 Å². The minimum Gasteiger partial charge on any atom is -0.489 e. The summed E-state index contributed by atoms with van der Waals surface area (Å²) in [6.07, 6.45) is 3.43. The number of nitrogens with zero attached hydrogens (tertiary/aromatic N) is 3. The van der Waals surface area contributed by atoms with Crippen molar-refractivity contribution in [3.63, 3.8) is 0 Å². The molecule has 1 N–H and O–H groups in total. The van der Waals surface area contributed by atoms with Crippen molar-refractivity contribution in [1.29, 1.82) is 0 Å². The van der Waals surface area contributed by atoms with Crippen LogP contribution in [-0.4, -0.2) is 20.8 Å². The molecule has 0 aliphatic rings. The quantitative estimate of drug-likeness (QED) is 0.352. The molecule has 34 heavy (non-hydrogen) atoms. The van der Waals surface area contributed by atoms with Gasteiger partial charge in [0.05, 0.1) is 24.0 Å². The van der Waals surface area contributed by atoms with Crippen molar-refractivity contribution in [2.75, 3.05) is 5.32 Å². The van der Waals surface area contributed by atoms with Gasteiger partial charge >= 0.3 is 0 Å². The van der Waals surface area contributed by atoms with Crippen molar-refractivity contribution in [1.82, 2.24) is 14.9 Å². The smallest absolute Gasteiger partial charge is 0.278 e. The molecule has 7 nitrogen and oxygen atoms in total. The number of aromatic nitrogens is 3. The molecule has 0 unspecified atom stereocenters. The molecule has 5 rings (SSSR count). The van der Waals surface area contributed by atoms with E-state index in [0.717, 1.165) is 16.9 Å². The summed E-state index contributed by atoms with van der Waals surface area (Å²) in [4.78, 5) is 12.9. The molecule has 0 saturated heterocycles. The molecular weight excluding hydrogens is 428 g/mol. The number of amides is 1. The molecule has 2 heterocycles. The summed E-state index contributed by atoms with van der Waals surface area (Å²) in [7, 11) is 0. The summed E-state index contributed by atoms with van der Waals surface area (Å²) >= 11 is 0. The summed E-state index contributed by atoms with van der Waals surface area (Å²) in [5.74, 6) is 0.899. The number of aryl methyl sites for hydroxylation is 2. The first kappa shape index (κ1) is 21.5. The lowest BCUT2D eigenvalue weighted by Crippen LogP contribution is -2.15. The van der Waals surface area contributed by atoms with E-state index in [4.69, 9.17) is 9.26 Å². The molecule has 1 amide bonds. The van der Waals surface area contributed by atoms with Gasteiger partial charge < -0.3 is 14.6 Å². The largest absolute Gasteiger partial charge is 0.489 e. The van der Waals surface area contributed by atoms with Gasteiger partial charge in [-0.1, -0.05) is 59.8 Å². The zero-order valence-corrected chi connectivity index (χ0v) is 19.0. The van der Waals surface area contributed by atoms with Crippen molar-refractivity contribution < 1.29 is 14.1 Å². The number of hydrogen-bond donors (Lipinski definition) is 1. The van der Waals surface area contributed by atoms with Gasteiger partial charge in [-0.3, -0.25) is 9.48 Å². The Morgan fingerprint density at radius 2 is 1.88 bits per heavy atom. The molecule has 0 aliphatic carbocycles. The number of anilines is 1. The highest BCUT2D eigenvalue weighted by molar-refractivity contribution is 6.03. The lowest BCUT2D eigenvalue weighted by Gasteiger charge is -2.07. The molecule has 3 aromatic carbocycles. The van der Waals surface area contributed by atoms with E-state index in [0.29, 0.717) is 23.6 Å². The minimum atomic E-state index is -0.371. The predicted molar refractivity (Wildman–Crippen MR) is 130 cm³/mol. The number of ether oxygens (including phenoxy) is 1. The van der Waals surface area contributed by atoms with Crippen LogP contribution < -0.4 is 10.1 Å². The highest BCUT2D eigenvalue weighted by atomic mass is 16.5. The van der Waals surface area contributed by atoms with Crippen molar-refractivity contribution in [3.8, 4) is 5.75 Å². The van der Waals surface area contributed by atoms with E-state index < -0.39 is 0 Å². The third-order valence-electron chi connectivity index (χ3n) is 5.68. The topological polar surface area (TPSA) is 82.2 Å². The molecule has 0 aliphatic heterocycles. The molecule has 0 atom stereocenters. The molecule has 2 aromatic heterocycles. The van der Waals surface area contributed by atoms with Gasteiger partial charge in [-0.15, -0.1) is 0 Å². The van der Waals surface area contributed by atoms with Crippen molar-refractivity contribution in [3.05, 3.63) is 107 Å². The molecule has 0 fully saturated rings. The molecule has 170 valence electrons. The van der Waals surface area contributed by atoms with E-state index in [1.807, 2.05) is 49.4 Å². The Hall–Kier alpha value is -4.39. The van der Waals surface area contributed by atoms with Crippen LogP contribution in [0.4, 0.5) is 5.69 Å². The van der Waals surface area contributed by atoms with E-state index in [-0.39, 0.29) is 18.2 Å². The molecule has 0 spiro atoms. The van der Waals surface area contributed by atoms with Crippen LogP contribution >= 0.6 is 0 Å². The maximum absolute atomic E-state index is 12.9. The van der Waals surface area contributed by atoms with Crippen LogP contribution in [0.15, 0.2) is 83.6 Å². The second-order valence-electron chi connectivity index (χ2n) is 8.19. The Morgan fingerprint density at radius 3 is 2.76 bits per heavy atom. The van der Waals surface area contributed by atoms with Crippen LogP contribution in [0.3, 0.4) is 0 Å². The predicted octanol–water partition coefficient (Wildman–Crippen LogP) is 5.52. The highest BCUT2D eigenvalue weighted by Gasteiger charge is 2.21. The second-order valence-corrected chi connectivity index (χ2v) is 8.19. The monoisotopic (exact) mass is 452 g/mol. The highest BCUT2D eigenvalue weighted by Crippen LogP contribution is 2.22. The number of carbonyl (C=O) groups is 1. The Morgan fingerprint density at radius 1 is 1.06 bits per heavy atom. The van der Waals surface area contributed by atoms with Gasteiger partial charge in [0.2, 0.25) is 0 Å². The second kappa shape index (κ2) is 9.23. The van der Waals surface area contributed by atoms with Gasteiger partial charge in [0.1, 0.15) is 18.1 Å². The van der Waals surface area contributed by atoms with Crippen molar-refractivity contribution >= 4 is 22.4 Å². The minimum absolute atomic E-state index is 0.182. The average Bonchev–Trinajstić information content (AvgIpc) is 3.44. The third-order valence-corrected chi connectivity index (χ3v) is 5.68. The van der Waals surface area contributed by atoms with Gasteiger partial charge in [-0.05, 0) is 47.9 Å². The van der Waals surface area contributed by atoms with Crippen LogP contribution in [0.2, 0.25) is 0 Å². The summed E-state index contributed by atoms with van der Waals surface area (Å²) in [5.41, 5.74) is 3.64. The lowest BCUT2D eigenvalue weighted by molar-refractivity contribution is 0.101. The van der Waals surface area contributed by atoms with Crippen LogP contribution in [-0.2, 0) is 13.2 Å². The van der Waals surface area contributed by atoms with E-state index in [9.17, 15) is 4.79 Å². The standard InChI is InChI=1S/C27H24N4O3/c1-18-7-5-11-23(13-18)33-17-25-19(2)34-30-26(25)27(32)29-22-14-28-31(16-22)15-21-10-6-9-20-8-3-4-12-24(20)21/h3-14,16H,15,17H2,1-2H3,(H,29,32). The molecular formula is C27H24N4O3. The normalized spacial score (nSPS) is 11.0. The number of carbonyl (C=O) groups excluding carboxylic acids is 1. The van der Waals surface area contributed by atoms with Crippen LogP contribution in [0.25, 0.3) is 10.8 Å². The first-order valence-corrected chi connectivity index (χ1v) is 11.0. The van der Waals surface area contributed by atoms with Gasteiger partial charge in [-0.2, -0.15) is 5.10 Å². The molecule has 0 saturated carbocycles. The summed E-state index contributed by atoms with van der Waals surface area (Å²) < 4.78 is 12.9. The fourth-order valence-corrected chi connectivity index (χ4v) is 3.91. The summed E-state index contributed by atoms with van der Waals surface area (Å²) in [6, 6.07) is 22.2. The number of fused-ring (bicyclic) bond motifs is 1. The number of rotatable bonds is 7. The summed E-state index contributed by atoms with van der Waals surface area (Å²) in [6.45, 7) is 4.54. The van der Waals surface area contributed by atoms with Crippen LogP contribution in [0.5, 0.6) is 5.75 Å². The van der Waals surface area contributed by atoms with Crippen molar-refractivity contribution in [2.45, 2.75) is 27.0 Å². The maximum Gasteiger partial charge on any atom is 0.278 e. The SMILES string of the molecule is Cc1cccc(OCc2c(C(=O)Nc3cnn(Cc4cccc5ccccc45)c3)noc2C)c1. The van der Waals surface area contributed by atoms with E-state index in [1.165, 1.54) is 10.8 Å². The molecule has 7 heteroatoms. The van der Waals surface area contributed by atoms with Gasteiger partial charge in [0.25, 0.3) is 5.91 Å². The number of nitrogens with one attached hydrogen (secondary N) is 1. The fourth-order valence-electron chi connectivity index (χ4n) is 3.91. The van der Waals surface area contributed by atoms with E-state index in [1.54, 1.807) is 24.0 Å². The Labute approximate surface area is 197 Å². The third kappa shape index (κ3) is 4.54. The van der Waals surface area contributed by atoms with Gasteiger partial charge in [0, 0.05) is 6.20 Å². The summed E-state index contributed by atoms with van der Waals surface area (Å²) in [5, 5.41) is 13.6. The number of benzene rings is 3. The Balaban J connectivity index is 1.28. The van der Waals surface area contributed by atoms with Gasteiger partial charge in [-0.25, -0.2) is 0 Å². The maximum atomic E-state index is 12.9. The molecule has 0 bridgehead atoms. The van der Waals surface area contributed by atoms with Crippen molar-refractivity contribution in [2.24, 2.45) is 0 Å². The zero-order chi connectivity index (χ0) is 23.5. The van der Waals surface area contributed by atoms with Crippen LogP contribution in [0, 0.1) is 13.8 Å². The van der Waals surface area contributed by atoms with E-state index in [2.05, 4.69) is 39.8 Å². The van der Waals surface area contributed by atoms with Crippen LogP contribution in [0.1, 0.15) is 32.9 Å². The number of hydrogen-bond acceptors (Lipinski definition) is 5. The molecule has 0 radical (unpaired) electrons. The fraction of sp³-hybridized carbons (Fsp3) is 0.148.